The summed E-state index contributed by atoms with van der Waals surface area (Å²) in [6.45, 7) is 0.955. The minimum absolute atomic E-state index is 0.105. The number of methoxy groups -OCH3 is 2. The topological polar surface area (TPSA) is 102 Å². The molecule has 0 bridgehead atoms. The van der Waals surface area contributed by atoms with Crippen LogP contribution in [0.3, 0.4) is 0 Å². The van der Waals surface area contributed by atoms with Crippen molar-refractivity contribution >= 4 is 28.9 Å². The standard InChI is InChI=1S/C28H27N3O6/c1-36-23-7-9-25-18(16-23)5-3-11-29(25)27(32)20-13-21(15-22(14-20)31(34)35)28(33)30-12-4-6-19-17-24(37-2)8-10-26(19)30/h7-10,13-17H,3-6,11-12H2,1-2H3. The van der Waals surface area contributed by atoms with E-state index in [4.69, 9.17) is 9.47 Å². The zero-order valence-electron chi connectivity index (χ0n) is 20.7. The van der Waals surface area contributed by atoms with Crippen LogP contribution in [0.5, 0.6) is 11.5 Å². The minimum Gasteiger partial charge on any atom is -0.497 e. The molecule has 0 atom stereocenters. The number of fused-ring (bicyclic) bond motifs is 2. The number of non-ortho nitro benzene ring substituents is 1. The van der Waals surface area contributed by atoms with E-state index >= 15 is 0 Å². The number of hydrogen-bond donors (Lipinski definition) is 0. The Hall–Kier alpha value is -4.40. The summed E-state index contributed by atoms with van der Waals surface area (Å²) in [6, 6.07) is 15.0. The molecule has 190 valence electrons. The van der Waals surface area contributed by atoms with E-state index in [0.29, 0.717) is 24.6 Å². The monoisotopic (exact) mass is 501 g/mol. The molecule has 0 unspecified atom stereocenters. The number of amides is 2. The molecular weight excluding hydrogens is 474 g/mol. The average Bonchev–Trinajstić information content (AvgIpc) is 2.94. The second-order valence-electron chi connectivity index (χ2n) is 9.14. The molecule has 2 amide bonds. The van der Waals surface area contributed by atoms with Crippen LogP contribution in [-0.2, 0) is 12.8 Å². The van der Waals surface area contributed by atoms with Crippen LogP contribution < -0.4 is 19.3 Å². The number of nitro benzene ring substituents is 1. The number of anilines is 2. The van der Waals surface area contributed by atoms with Gasteiger partial charge < -0.3 is 19.3 Å². The van der Waals surface area contributed by atoms with Crippen molar-refractivity contribution in [3.8, 4) is 11.5 Å². The van der Waals surface area contributed by atoms with E-state index in [1.54, 1.807) is 36.2 Å². The summed E-state index contributed by atoms with van der Waals surface area (Å²) < 4.78 is 10.6. The van der Waals surface area contributed by atoms with Gasteiger partial charge in [-0.1, -0.05) is 0 Å². The molecule has 37 heavy (non-hydrogen) atoms. The molecule has 3 aromatic rings. The van der Waals surface area contributed by atoms with Gasteiger partial charge in [0.15, 0.2) is 0 Å². The molecule has 0 saturated heterocycles. The van der Waals surface area contributed by atoms with Gasteiger partial charge in [-0.05, 0) is 79.3 Å². The molecule has 2 aliphatic heterocycles. The Bertz CT molecular complexity index is 1310. The van der Waals surface area contributed by atoms with E-state index in [-0.39, 0.29) is 28.6 Å². The summed E-state index contributed by atoms with van der Waals surface area (Å²) >= 11 is 0. The van der Waals surface area contributed by atoms with E-state index in [9.17, 15) is 19.7 Å². The fourth-order valence-electron chi connectivity index (χ4n) is 5.10. The van der Waals surface area contributed by atoms with Gasteiger partial charge in [0.25, 0.3) is 17.5 Å². The summed E-state index contributed by atoms with van der Waals surface area (Å²) in [4.78, 5) is 41.7. The predicted molar refractivity (Wildman–Crippen MR) is 139 cm³/mol. The lowest BCUT2D eigenvalue weighted by atomic mass is 9.98. The van der Waals surface area contributed by atoms with Crippen molar-refractivity contribution in [2.45, 2.75) is 25.7 Å². The van der Waals surface area contributed by atoms with Gasteiger partial charge in [-0.2, -0.15) is 0 Å². The fraction of sp³-hybridized carbons (Fsp3) is 0.286. The van der Waals surface area contributed by atoms with Crippen molar-refractivity contribution in [3.63, 3.8) is 0 Å². The van der Waals surface area contributed by atoms with Crippen molar-refractivity contribution in [3.05, 3.63) is 87.0 Å². The third kappa shape index (κ3) is 4.60. The molecule has 9 heteroatoms. The number of rotatable bonds is 5. The summed E-state index contributed by atoms with van der Waals surface area (Å²) in [5, 5.41) is 11.8. The smallest absolute Gasteiger partial charge is 0.271 e. The minimum atomic E-state index is -0.572. The van der Waals surface area contributed by atoms with Gasteiger partial charge in [-0.25, -0.2) is 0 Å². The van der Waals surface area contributed by atoms with Crippen LogP contribution in [0.2, 0.25) is 0 Å². The van der Waals surface area contributed by atoms with Crippen molar-refractivity contribution in [2.75, 3.05) is 37.1 Å². The SMILES string of the molecule is COc1ccc2c(c1)CCCN2C(=O)c1cc(C(=O)N2CCCc3cc(OC)ccc32)cc([N+](=O)[O-])c1. The van der Waals surface area contributed by atoms with Crippen molar-refractivity contribution < 1.29 is 24.0 Å². The van der Waals surface area contributed by atoms with E-state index in [0.717, 1.165) is 48.2 Å². The van der Waals surface area contributed by atoms with Gasteiger partial charge in [0, 0.05) is 47.7 Å². The number of ether oxygens (including phenoxy) is 2. The fourth-order valence-corrected chi connectivity index (χ4v) is 5.10. The maximum absolute atomic E-state index is 13.6. The maximum atomic E-state index is 13.6. The Morgan fingerprint density at radius 3 is 1.62 bits per heavy atom. The molecule has 0 N–H and O–H groups in total. The summed E-state index contributed by atoms with van der Waals surface area (Å²) in [5.74, 6) is 0.645. The largest absolute Gasteiger partial charge is 0.497 e. The van der Waals surface area contributed by atoms with Crippen LogP contribution in [0.1, 0.15) is 44.7 Å². The molecule has 2 aliphatic rings. The molecular formula is C28H27N3O6. The molecule has 2 heterocycles. The number of aryl methyl sites for hydroxylation is 2. The van der Waals surface area contributed by atoms with E-state index < -0.39 is 4.92 Å². The Morgan fingerprint density at radius 2 is 1.22 bits per heavy atom. The highest BCUT2D eigenvalue weighted by Crippen LogP contribution is 2.34. The number of nitrogens with zero attached hydrogens (tertiary/aromatic N) is 3. The molecule has 0 saturated carbocycles. The lowest BCUT2D eigenvalue weighted by Crippen LogP contribution is -2.37. The van der Waals surface area contributed by atoms with Crippen LogP contribution in [0.4, 0.5) is 17.1 Å². The summed E-state index contributed by atoms with van der Waals surface area (Å²) in [6.07, 6.45) is 3.10. The Balaban J connectivity index is 1.51. The van der Waals surface area contributed by atoms with Crippen LogP contribution in [0.25, 0.3) is 0 Å². The Morgan fingerprint density at radius 1 is 0.757 bits per heavy atom. The molecule has 0 aromatic heterocycles. The highest BCUT2D eigenvalue weighted by molar-refractivity contribution is 6.11. The maximum Gasteiger partial charge on any atom is 0.271 e. The lowest BCUT2D eigenvalue weighted by Gasteiger charge is -2.31. The zero-order valence-corrected chi connectivity index (χ0v) is 20.7. The second kappa shape index (κ2) is 9.93. The average molecular weight is 502 g/mol. The van der Waals surface area contributed by atoms with Crippen LogP contribution >= 0.6 is 0 Å². The Labute approximate surface area is 214 Å². The van der Waals surface area contributed by atoms with Crippen molar-refractivity contribution in [1.29, 1.82) is 0 Å². The first-order valence-corrected chi connectivity index (χ1v) is 12.2. The van der Waals surface area contributed by atoms with Gasteiger partial charge in [-0.3, -0.25) is 19.7 Å². The molecule has 9 nitrogen and oxygen atoms in total. The first-order valence-electron chi connectivity index (χ1n) is 12.2. The third-order valence-electron chi connectivity index (χ3n) is 6.92. The zero-order chi connectivity index (χ0) is 26.1. The first-order chi connectivity index (χ1) is 17.9. The van der Waals surface area contributed by atoms with E-state index in [1.807, 2.05) is 24.3 Å². The van der Waals surface area contributed by atoms with Gasteiger partial charge in [0.1, 0.15) is 11.5 Å². The van der Waals surface area contributed by atoms with E-state index in [1.165, 1.54) is 18.2 Å². The van der Waals surface area contributed by atoms with Crippen LogP contribution in [0, 0.1) is 10.1 Å². The quantitative estimate of drug-likeness (QED) is 0.368. The predicted octanol–water partition coefficient (Wildman–Crippen LogP) is 4.80. The van der Waals surface area contributed by atoms with Gasteiger partial charge >= 0.3 is 0 Å². The van der Waals surface area contributed by atoms with Gasteiger partial charge in [-0.15, -0.1) is 0 Å². The highest BCUT2D eigenvalue weighted by Gasteiger charge is 2.29. The van der Waals surface area contributed by atoms with E-state index in [2.05, 4.69) is 0 Å². The molecule has 5 rings (SSSR count). The summed E-state index contributed by atoms with van der Waals surface area (Å²) in [7, 11) is 3.18. The molecule has 3 aromatic carbocycles. The Kier molecular flexibility index (Phi) is 6.52. The molecule has 0 radical (unpaired) electrons. The molecule has 0 fully saturated rings. The number of benzene rings is 3. The third-order valence-corrected chi connectivity index (χ3v) is 6.92. The second-order valence-corrected chi connectivity index (χ2v) is 9.14. The van der Waals surface area contributed by atoms with Gasteiger partial charge in [0.05, 0.1) is 19.1 Å². The van der Waals surface area contributed by atoms with Crippen molar-refractivity contribution in [1.82, 2.24) is 0 Å². The highest BCUT2D eigenvalue weighted by atomic mass is 16.6. The van der Waals surface area contributed by atoms with Crippen molar-refractivity contribution in [2.24, 2.45) is 0 Å². The lowest BCUT2D eigenvalue weighted by molar-refractivity contribution is -0.384. The number of hydrogen-bond acceptors (Lipinski definition) is 6. The number of carbonyl (C=O) groups excluding carboxylic acids is 2. The molecule has 0 aliphatic carbocycles. The number of nitro groups is 1. The summed E-state index contributed by atoms with van der Waals surface area (Å²) in [5.41, 5.74) is 3.35. The number of carbonyl (C=O) groups is 2. The van der Waals surface area contributed by atoms with Crippen LogP contribution in [0.15, 0.2) is 54.6 Å². The molecule has 0 spiro atoms. The van der Waals surface area contributed by atoms with Gasteiger partial charge in [0.2, 0.25) is 0 Å². The first kappa shape index (κ1) is 24.3. The normalized spacial score (nSPS) is 14.4. The van der Waals surface area contributed by atoms with Crippen LogP contribution in [-0.4, -0.2) is 44.0 Å².